The topological polar surface area (TPSA) is 168 Å². The predicted octanol–water partition coefficient (Wildman–Crippen LogP) is 4.14. The van der Waals surface area contributed by atoms with E-state index < -0.39 is 99.9 Å². The maximum Gasteiger partial charge on any atom is 0.408 e. The molecule has 3 fully saturated rings. The number of esters is 1. The zero-order valence-corrected chi connectivity index (χ0v) is 30.5. The number of ether oxygens (including phenoxy) is 2. The van der Waals surface area contributed by atoms with E-state index in [1.54, 1.807) is 75.3 Å². The van der Waals surface area contributed by atoms with Crippen LogP contribution < -0.4 is 10.6 Å². The van der Waals surface area contributed by atoms with Gasteiger partial charge in [0, 0.05) is 16.7 Å². The summed E-state index contributed by atoms with van der Waals surface area (Å²) < 4.78 is 28.2. The molecule has 0 bridgehead atoms. The molecule has 0 spiro atoms. The monoisotopic (exact) mass is 690 g/mol. The molecule has 0 aromatic carbocycles. The third-order valence-electron chi connectivity index (χ3n) is 11.8. The first-order valence-electron chi connectivity index (χ1n) is 17.5. The summed E-state index contributed by atoms with van der Waals surface area (Å²) in [5.74, 6) is -5.13. The Bertz CT molecular complexity index is 1430. The first-order valence-corrected chi connectivity index (χ1v) is 17.5. The van der Waals surface area contributed by atoms with Crippen LogP contribution >= 0.6 is 0 Å². The van der Waals surface area contributed by atoms with Crippen molar-refractivity contribution in [1.29, 1.82) is 0 Å². The van der Waals surface area contributed by atoms with Gasteiger partial charge in [-0.2, -0.15) is 0 Å². The smallest absolute Gasteiger partial charge is 0.408 e. The van der Waals surface area contributed by atoms with Crippen LogP contribution in [0, 0.1) is 40.4 Å². The Kier molecular flexibility index (Phi) is 10.4. The van der Waals surface area contributed by atoms with Gasteiger partial charge < -0.3 is 30.3 Å². The molecule has 274 valence electrons. The van der Waals surface area contributed by atoms with E-state index in [4.69, 9.17) is 9.47 Å². The number of fused-ring (bicyclic) bond motifs is 5. The van der Waals surface area contributed by atoms with Crippen molar-refractivity contribution in [3.05, 3.63) is 23.8 Å². The number of halogens is 1. The summed E-state index contributed by atoms with van der Waals surface area (Å²) in [6.07, 6.45) is 2.93. The highest BCUT2D eigenvalue weighted by atomic mass is 19.1. The van der Waals surface area contributed by atoms with Gasteiger partial charge in [0.2, 0.25) is 11.7 Å². The SMILES string of the molecule is CC(C)[C@H](NC(=O)OC(C)(C)C)C(=O)N[C@H](C(=O)OCC(=O)[C@@]1(O)[C@H](C)C[C@H]2[C@@H]3CCC4=CC(=O)C=C[C@]4(C)[C@@]3(F)[C@@H](O)C[C@@]21C)C(C)C. The van der Waals surface area contributed by atoms with Crippen molar-refractivity contribution in [3.8, 4) is 0 Å². The summed E-state index contributed by atoms with van der Waals surface area (Å²) in [6.45, 7) is 16.2. The van der Waals surface area contributed by atoms with Crippen LogP contribution in [0.15, 0.2) is 23.8 Å². The number of aliphatic hydroxyl groups is 2. The van der Waals surface area contributed by atoms with Gasteiger partial charge in [-0.1, -0.05) is 53.2 Å². The van der Waals surface area contributed by atoms with E-state index in [1.165, 1.54) is 12.2 Å². The Morgan fingerprint density at radius 3 is 2.22 bits per heavy atom. The van der Waals surface area contributed by atoms with Gasteiger partial charge in [0.15, 0.2) is 18.1 Å². The molecule has 4 aliphatic rings. The van der Waals surface area contributed by atoms with E-state index in [-0.39, 0.29) is 18.1 Å². The zero-order chi connectivity index (χ0) is 37.1. The normalized spacial score (nSPS) is 36.6. The molecule has 0 unspecified atom stereocenters. The number of aliphatic hydroxyl groups excluding tert-OH is 1. The number of ketones is 2. The highest BCUT2D eigenvalue weighted by molar-refractivity contribution is 6.01. The van der Waals surface area contributed by atoms with Crippen molar-refractivity contribution in [2.24, 2.45) is 40.4 Å². The Hall–Kier alpha value is -3.12. The number of rotatable bonds is 9. The summed E-state index contributed by atoms with van der Waals surface area (Å²) in [4.78, 5) is 65.1. The Balaban J connectivity index is 1.50. The minimum Gasteiger partial charge on any atom is -0.456 e. The summed E-state index contributed by atoms with van der Waals surface area (Å²) in [6, 6.07) is -2.20. The van der Waals surface area contributed by atoms with Gasteiger partial charge in [-0.05, 0) is 89.2 Å². The molecule has 11 nitrogen and oxygen atoms in total. The largest absolute Gasteiger partial charge is 0.456 e. The molecule has 12 heteroatoms. The van der Waals surface area contributed by atoms with Gasteiger partial charge >= 0.3 is 12.1 Å². The minimum atomic E-state index is -2.12. The average Bonchev–Trinajstić information content (AvgIpc) is 3.18. The first-order chi connectivity index (χ1) is 22.4. The lowest BCUT2D eigenvalue weighted by molar-refractivity contribution is -0.220. The Labute approximate surface area is 288 Å². The molecule has 49 heavy (non-hydrogen) atoms. The summed E-state index contributed by atoms with van der Waals surface area (Å²) in [7, 11) is 0. The van der Waals surface area contributed by atoms with Crippen LogP contribution in [0.1, 0.15) is 94.9 Å². The lowest BCUT2D eigenvalue weighted by atomic mass is 9.44. The second kappa shape index (κ2) is 13.2. The molecule has 4 rings (SSSR count). The summed E-state index contributed by atoms with van der Waals surface area (Å²) in [5, 5.41) is 29.0. The van der Waals surface area contributed by atoms with Crippen LogP contribution in [-0.2, 0) is 28.7 Å². The molecule has 0 aromatic heterocycles. The fourth-order valence-corrected chi connectivity index (χ4v) is 9.19. The van der Waals surface area contributed by atoms with Crippen molar-refractivity contribution < 1.29 is 48.0 Å². The average molecular weight is 691 g/mol. The van der Waals surface area contributed by atoms with Crippen molar-refractivity contribution >= 4 is 29.5 Å². The molecule has 4 N–H and O–H groups in total. The fourth-order valence-electron chi connectivity index (χ4n) is 9.19. The van der Waals surface area contributed by atoms with E-state index in [2.05, 4.69) is 10.6 Å². The number of alkyl halides is 1. The number of amides is 2. The van der Waals surface area contributed by atoms with Crippen molar-refractivity contribution in [2.75, 3.05) is 6.61 Å². The van der Waals surface area contributed by atoms with Crippen LogP contribution in [0.4, 0.5) is 9.18 Å². The number of carbonyl (C=O) groups excluding carboxylic acids is 5. The lowest BCUT2D eigenvalue weighted by Crippen LogP contribution is -2.69. The van der Waals surface area contributed by atoms with E-state index in [0.717, 1.165) is 0 Å². The molecule has 0 heterocycles. The molecule has 0 saturated heterocycles. The maximum absolute atomic E-state index is 17.5. The third-order valence-corrected chi connectivity index (χ3v) is 11.8. The summed E-state index contributed by atoms with van der Waals surface area (Å²) in [5.41, 5.74) is -6.74. The van der Waals surface area contributed by atoms with E-state index >= 15 is 4.39 Å². The molecule has 4 aliphatic carbocycles. The van der Waals surface area contributed by atoms with Crippen molar-refractivity contribution in [2.45, 2.75) is 130 Å². The third kappa shape index (κ3) is 6.48. The quantitative estimate of drug-likeness (QED) is 0.260. The zero-order valence-electron chi connectivity index (χ0n) is 30.5. The number of Topliss-reactive ketones (excluding diaryl/α,β-unsaturated/α-hetero) is 1. The maximum atomic E-state index is 17.5. The predicted molar refractivity (Wildman–Crippen MR) is 179 cm³/mol. The highest BCUT2D eigenvalue weighted by Gasteiger charge is 2.75. The fraction of sp³-hybridized carbons (Fsp3) is 0.757. The van der Waals surface area contributed by atoms with E-state index in [1.807, 2.05) is 0 Å². The van der Waals surface area contributed by atoms with Crippen LogP contribution in [-0.4, -0.2) is 81.4 Å². The standard InChI is InChI=1S/C37H55FN2O9/c1-19(2)28(40-32(46)49-33(6,7)8)30(44)39-29(20(3)4)31(45)48-18-27(43)37(47)21(5)15-25-24-12-11-22-16-23(41)13-14-34(22,9)36(24,38)26(42)17-35(25,37)10/h13-14,16,19-21,24-26,28-29,42,47H,11-12,15,17-18H2,1-10H3,(H,39,44)(H,40,46)/t21-,24+,25+,26+,28+,29+,34+,35+,36+,37+/m1/s1. The molecule has 0 aliphatic heterocycles. The van der Waals surface area contributed by atoms with Crippen molar-refractivity contribution in [1.82, 2.24) is 10.6 Å². The molecular weight excluding hydrogens is 635 g/mol. The van der Waals surface area contributed by atoms with Crippen LogP contribution in [0.2, 0.25) is 0 Å². The Morgan fingerprint density at radius 2 is 1.65 bits per heavy atom. The van der Waals surface area contributed by atoms with Gasteiger partial charge in [0.1, 0.15) is 23.3 Å². The van der Waals surface area contributed by atoms with Gasteiger partial charge in [-0.15, -0.1) is 0 Å². The van der Waals surface area contributed by atoms with Gasteiger partial charge in [-0.3, -0.25) is 14.4 Å². The number of alkyl carbamates (subject to hydrolysis) is 1. The minimum absolute atomic E-state index is 0.207. The number of nitrogens with one attached hydrogen (secondary N) is 2. The van der Waals surface area contributed by atoms with Crippen LogP contribution in [0.5, 0.6) is 0 Å². The molecule has 2 amide bonds. The number of carbonyl (C=O) groups is 5. The number of hydrogen-bond donors (Lipinski definition) is 4. The molecular formula is C37H55FN2O9. The van der Waals surface area contributed by atoms with Crippen molar-refractivity contribution in [3.63, 3.8) is 0 Å². The summed E-state index contributed by atoms with van der Waals surface area (Å²) >= 11 is 0. The molecule has 10 atom stereocenters. The number of allylic oxidation sites excluding steroid dienone is 4. The number of hydrogen-bond acceptors (Lipinski definition) is 9. The van der Waals surface area contributed by atoms with Gasteiger partial charge in [-0.25, -0.2) is 14.0 Å². The second-order valence-electron chi connectivity index (χ2n) is 16.8. The molecule has 0 aromatic rings. The van der Waals surface area contributed by atoms with E-state index in [0.29, 0.717) is 24.8 Å². The van der Waals surface area contributed by atoms with Gasteiger partial charge in [0.05, 0.1) is 6.10 Å². The van der Waals surface area contributed by atoms with Crippen LogP contribution in [0.25, 0.3) is 0 Å². The van der Waals surface area contributed by atoms with Gasteiger partial charge in [0.25, 0.3) is 0 Å². The lowest BCUT2D eigenvalue weighted by Gasteiger charge is -2.62. The van der Waals surface area contributed by atoms with E-state index in [9.17, 15) is 34.2 Å². The molecule has 3 saturated carbocycles. The second-order valence-corrected chi connectivity index (χ2v) is 16.8. The highest BCUT2D eigenvalue weighted by Crippen LogP contribution is 2.70. The Morgan fingerprint density at radius 1 is 1.04 bits per heavy atom. The van der Waals surface area contributed by atoms with Crippen LogP contribution in [0.3, 0.4) is 0 Å². The first kappa shape index (κ1) is 38.7. The molecule has 0 radical (unpaired) electrons.